The van der Waals surface area contributed by atoms with Gasteiger partial charge in [0.2, 0.25) is 5.91 Å². The molecule has 3 amide bonds. The van der Waals surface area contributed by atoms with Gasteiger partial charge >= 0.3 is 6.03 Å². The summed E-state index contributed by atoms with van der Waals surface area (Å²) < 4.78 is 0. The van der Waals surface area contributed by atoms with Gasteiger partial charge in [0.1, 0.15) is 6.04 Å². The smallest absolute Gasteiger partial charge is 0.315 e. The van der Waals surface area contributed by atoms with Crippen molar-refractivity contribution in [1.82, 2.24) is 15.5 Å². The molecule has 1 aromatic heterocycles. The summed E-state index contributed by atoms with van der Waals surface area (Å²) >= 11 is 1.60. The lowest BCUT2D eigenvalue weighted by molar-refractivity contribution is -0.136. The highest BCUT2D eigenvalue weighted by Gasteiger charge is 2.27. The van der Waals surface area contributed by atoms with Crippen LogP contribution in [0.2, 0.25) is 0 Å². The van der Waals surface area contributed by atoms with E-state index >= 15 is 0 Å². The maximum atomic E-state index is 12.4. The number of piperidine rings is 1. The summed E-state index contributed by atoms with van der Waals surface area (Å²) in [5, 5.41) is 9.45. The molecule has 1 aliphatic rings. The average molecular weight is 309 g/mol. The number of nitrogens with zero attached hydrogens (tertiary/aromatic N) is 1. The highest BCUT2D eigenvalue weighted by molar-refractivity contribution is 7.07. The minimum atomic E-state index is -0.493. The molecule has 2 heterocycles. The third-order valence-corrected chi connectivity index (χ3v) is 4.57. The molecule has 0 aromatic carbocycles. The number of amides is 3. The van der Waals surface area contributed by atoms with E-state index in [1.807, 2.05) is 21.7 Å². The van der Waals surface area contributed by atoms with Crippen molar-refractivity contribution in [1.29, 1.82) is 0 Å². The van der Waals surface area contributed by atoms with Gasteiger partial charge in [-0.15, -0.1) is 0 Å². The quantitative estimate of drug-likeness (QED) is 0.897. The summed E-state index contributed by atoms with van der Waals surface area (Å²) in [5.74, 6) is 0.00730. The molecule has 1 fully saturated rings. The minimum Gasteiger partial charge on any atom is -0.338 e. The Balaban J connectivity index is 1.78. The number of thiophene rings is 1. The number of hydrogen-bond donors (Lipinski definition) is 2. The van der Waals surface area contributed by atoms with Gasteiger partial charge in [0.05, 0.1) is 0 Å². The van der Waals surface area contributed by atoms with Crippen molar-refractivity contribution < 1.29 is 9.59 Å². The van der Waals surface area contributed by atoms with Gasteiger partial charge in [0.15, 0.2) is 0 Å². The van der Waals surface area contributed by atoms with Crippen LogP contribution in [0.3, 0.4) is 0 Å². The van der Waals surface area contributed by atoms with E-state index in [0.29, 0.717) is 6.54 Å². The monoisotopic (exact) mass is 309 g/mol. The zero-order valence-electron chi connectivity index (χ0n) is 12.6. The van der Waals surface area contributed by atoms with Crippen molar-refractivity contribution in [2.75, 3.05) is 6.54 Å². The third-order valence-electron chi connectivity index (χ3n) is 3.84. The number of nitrogens with one attached hydrogen (secondary N) is 2. The molecule has 0 bridgehead atoms. The summed E-state index contributed by atoms with van der Waals surface area (Å²) in [6.07, 6.45) is 3.27. The summed E-state index contributed by atoms with van der Waals surface area (Å²) in [7, 11) is 0. The van der Waals surface area contributed by atoms with Crippen LogP contribution in [0.5, 0.6) is 0 Å². The van der Waals surface area contributed by atoms with E-state index < -0.39 is 6.04 Å². The molecule has 1 saturated heterocycles. The maximum Gasteiger partial charge on any atom is 0.315 e. The van der Waals surface area contributed by atoms with E-state index in [2.05, 4.69) is 17.6 Å². The fourth-order valence-electron chi connectivity index (χ4n) is 2.56. The van der Waals surface area contributed by atoms with Crippen molar-refractivity contribution in [2.45, 2.75) is 51.7 Å². The van der Waals surface area contributed by atoms with Crippen LogP contribution in [0.25, 0.3) is 0 Å². The van der Waals surface area contributed by atoms with Gasteiger partial charge < -0.3 is 15.5 Å². The fraction of sp³-hybridized carbons (Fsp3) is 0.600. The molecular formula is C15H23N3O2S. The molecule has 1 aromatic rings. The first-order valence-electron chi connectivity index (χ1n) is 7.44. The van der Waals surface area contributed by atoms with Crippen LogP contribution in [0, 0.1) is 0 Å². The zero-order valence-corrected chi connectivity index (χ0v) is 13.4. The third kappa shape index (κ3) is 4.46. The molecule has 116 valence electrons. The molecule has 2 N–H and O–H groups in total. The summed E-state index contributed by atoms with van der Waals surface area (Å²) in [6.45, 7) is 5.09. The van der Waals surface area contributed by atoms with Crippen LogP contribution in [0.1, 0.15) is 38.7 Å². The first-order valence-corrected chi connectivity index (χ1v) is 8.38. The van der Waals surface area contributed by atoms with Crippen molar-refractivity contribution in [2.24, 2.45) is 0 Å². The Morgan fingerprint density at radius 1 is 1.48 bits per heavy atom. The Labute approximate surface area is 129 Å². The predicted octanol–water partition coefficient (Wildman–Crippen LogP) is 2.34. The lowest BCUT2D eigenvalue weighted by Crippen LogP contribution is -2.53. The van der Waals surface area contributed by atoms with Gasteiger partial charge in [0, 0.05) is 19.1 Å². The SMILES string of the molecule is C[C@@H]1CCCCN1C(=O)[C@@H](C)NC(=O)NCc1ccsc1. The largest absolute Gasteiger partial charge is 0.338 e. The summed E-state index contributed by atoms with van der Waals surface area (Å²) in [4.78, 5) is 26.1. The van der Waals surface area contributed by atoms with Crippen molar-refractivity contribution in [3.05, 3.63) is 22.4 Å². The second kappa shape index (κ2) is 7.45. The Morgan fingerprint density at radius 2 is 2.29 bits per heavy atom. The molecule has 21 heavy (non-hydrogen) atoms. The number of hydrogen-bond acceptors (Lipinski definition) is 3. The number of urea groups is 1. The van der Waals surface area contributed by atoms with Gasteiger partial charge in [-0.3, -0.25) is 4.79 Å². The highest BCUT2D eigenvalue weighted by atomic mass is 32.1. The Kier molecular flexibility index (Phi) is 5.61. The predicted molar refractivity (Wildman–Crippen MR) is 84.2 cm³/mol. The second-order valence-electron chi connectivity index (χ2n) is 5.56. The topological polar surface area (TPSA) is 61.4 Å². The second-order valence-corrected chi connectivity index (χ2v) is 6.34. The lowest BCUT2D eigenvalue weighted by atomic mass is 10.0. The van der Waals surface area contributed by atoms with E-state index in [1.54, 1.807) is 18.3 Å². The Bertz CT molecular complexity index is 475. The summed E-state index contributed by atoms with van der Waals surface area (Å²) in [5.41, 5.74) is 1.07. The molecule has 0 unspecified atom stereocenters. The minimum absolute atomic E-state index is 0.00730. The molecule has 5 nitrogen and oxygen atoms in total. The fourth-order valence-corrected chi connectivity index (χ4v) is 3.23. The van der Waals surface area contributed by atoms with Gasteiger partial charge in [0.25, 0.3) is 0 Å². The lowest BCUT2D eigenvalue weighted by Gasteiger charge is -2.35. The van der Waals surface area contributed by atoms with E-state index in [-0.39, 0.29) is 18.0 Å². The first-order chi connectivity index (χ1) is 10.1. The van der Waals surface area contributed by atoms with Crippen LogP contribution in [-0.4, -0.2) is 35.5 Å². The van der Waals surface area contributed by atoms with E-state index in [1.165, 1.54) is 6.42 Å². The number of carbonyl (C=O) groups excluding carboxylic acids is 2. The molecule has 0 spiro atoms. The average Bonchev–Trinajstić information content (AvgIpc) is 2.98. The molecular weight excluding hydrogens is 286 g/mol. The zero-order chi connectivity index (χ0) is 15.2. The normalized spacial score (nSPS) is 19.9. The van der Waals surface area contributed by atoms with E-state index in [4.69, 9.17) is 0 Å². The Hall–Kier alpha value is -1.56. The van der Waals surface area contributed by atoms with Crippen LogP contribution in [0.15, 0.2) is 16.8 Å². The molecule has 0 saturated carbocycles. The first kappa shape index (κ1) is 15.8. The van der Waals surface area contributed by atoms with E-state index in [9.17, 15) is 9.59 Å². The van der Waals surface area contributed by atoms with Crippen LogP contribution < -0.4 is 10.6 Å². The maximum absolute atomic E-state index is 12.4. The number of carbonyl (C=O) groups is 2. The van der Waals surface area contributed by atoms with Crippen LogP contribution >= 0.6 is 11.3 Å². The number of rotatable bonds is 4. The molecule has 2 rings (SSSR count). The van der Waals surface area contributed by atoms with Crippen molar-refractivity contribution in [3.8, 4) is 0 Å². The molecule has 0 aliphatic carbocycles. The van der Waals surface area contributed by atoms with Crippen molar-refractivity contribution >= 4 is 23.3 Å². The van der Waals surface area contributed by atoms with Gasteiger partial charge in [-0.1, -0.05) is 0 Å². The van der Waals surface area contributed by atoms with E-state index in [0.717, 1.165) is 24.9 Å². The number of likely N-dealkylation sites (tertiary alicyclic amines) is 1. The van der Waals surface area contributed by atoms with Crippen LogP contribution in [-0.2, 0) is 11.3 Å². The standard InChI is InChI=1S/C15H23N3O2S/c1-11-5-3-4-7-18(11)14(19)12(2)17-15(20)16-9-13-6-8-21-10-13/h6,8,10-12H,3-5,7,9H2,1-2H3,(H2,16,17,20)/t11-,12-/m1/s1. The van der Waals surface area contributed by atoms with Crippen molar-refractivity contribution in [3.63, 3.8) is 0 Å². The molecule has 0 radical (unpaired) electrons. The molecule has 1 aliphatic heterocycles. The Morgan fingerprint density at radius 3 is 2.95 bits per heavy atom. The molecule has 6 heteroatoms. The van der Waals surface area contributed by atoms with Crippen LogP contribution in [0.4, 0.5) is 4.79 Å². The highest BCUT2D eigenvalue weighted by Crippen LogP contribution is 2.17. The van der Waals surface area contributed by atoms with Gasteiger partial charge in [-0.05, 0) is 55.5 Å². The van der Waals surface area contributed by atoms with Gasteiger partial charge in [-0.25, -0.2) is 4.79 Å². The summed E-state index contributed by atoms with van der Waals surface area (Å²) in [6, 6.07) is 1.44. The molecule has 2 atom stereocenters. The van der Waals surface area contributed by atoms with Gasteiger partial charge in [-0.2, -0.15) is 11.3 Å².